The highest BCUT2D eigenvalue weighted by Crippen LogP contribution is 2.33. The van der Waals surface area contributed by atoms with E-state index in [1.54, 1.807) is 53.1 Å². The first-order valence-electron chi connectivity index (χ1n) is 5.28. The Bertz CT molecular complexity index is 530. The minimum atomic E-state index is 0.516. The van der Waals surface area contributed by atoms with Crippen molar-refractivity contribution in [3.63, 3.8) is 0 Å². The smallest absolute Gasteiger partial charge is 0.175 e. The number of thioether (sulfide) groups is 2. The van der Waals surface area contributed by atoms with Crippen molar-refractivity contribution >= 4 is 58.1 Å². The Hall–Kier alpha value is -0.140. The van der Waals surface area contributed by atoms with E-state index in [0.29, 0.717) is 22.4 Å². The quantitative estimate of drug-likeness (QED) is 0.554. The monoisotopic (exact) mass is 352 g/mol. The van der Waals surface area contributed by atoms with Crippen LogP contribution in [0.25, 0.3) is 0 Å². The molecule has 0 spiro atoms. The zero-order chi connectivity index (χ0) is 13.7. The lowest BCUT2D eigenvalue weighted by Crippen LogP contribution is -2.01. The zero-order valence-corrected chi connectivity index (χ0v) is 13.9. The summed E-state index contributed by atoms with van der Waals surface area (Å²) in [6, 6.07) is 5.30. The minimum absolute atomic E-state index is 0.516. The van der Waals surface area contributed by atoms with Gasteiger partial charge in [-0.1, -0.05) is 64.1 Å². The van der Waals surface area contributed by atoms with Crippen molar-refractivity contribution in [2.45, 2.75) is 8.68 Å². The second-order valence-corrected chi connectivity index (χ2v) is 7.47. The maximum Gasteiger partial charge on any atom is 0.175 e. The van der Waals surface area contributed by atoms with Gasteiger partial charge in [-0.05, 0) is 18.4 Å². The van der Waals surface area contributed by atoms with Gasteiger partial charge in [0.1, 0.15) is 0 Å². The normalized spacial score (nSPS) is 10.7. The van der Waals surface area contributed by atoms with Crippen LogP contribution in [0.5, 0.6) is 5.75 Å². The zero-order valence-electron chi connectivity index (χ0n) is 9.93. The number of halogens is 2. The predicted octanol–water partition coefficient (Wildman–Crippen LogP) is 4.74. The van der Waals surface area contributed by atoms with Crippen LogP contribution >= 0.6 is 58.1 Å². The molecule has 0 aliphatic heterocycles. The van der Waals surface area contributed by atoms with Crippen LogP contribution in [0, 0.1) is 0 Å². The van der Waals surface area contributed by atoms with Gasteiger partial charge in [0.05, 0.1) is 16.7 Å². The Balaban J connectivity index is 1.80. The number of hydrogen-bond acceptors (Lipinski definition) is 6. The summed E-state index contributed by atoms with van der Waals surface area (Å²) in [5.74, 6) is 1.30. The van der Waals surface area contributed by atoms with Gasteiger partial charge in [-0.25, -0.2) is 0 Å². The van der Waals surface area contributed by atoms with E-state index in [9.17, 15) is 0 Å². The molecule has 1 aromatic carbocycles. The van der Waals surface area contributed by atoms with E-state index in [4.69, 9.17) is 27.9 Å². The molecule has 0 saturated heterocycles. The van der Waals surface area contributed by atoms with Gasteiger partial charge in [-0.3, -0.25) is 0 Å². The molecule has 0 amide bonds. The van der Waals surface area contributed by atoms with Crippen LogP contribution < -0.4 is 4.74 Å². The third-order valence-corrected chi connectivity index (χ3v) is 5.63. The highest BCUT2D eigenvalue weighted by atomic mass is 35.5. The number of rotatable bonds is 6. The Morgan fingerprint density at radius 2 is 1.89 bits per heavy atom. The summed E-state index contributed by atoms with van der Waals surface area (Å²) in [5, 5.41) is 9.15. The average Bonchev–Trinajstić information content (AvgIpc) is 2.85. The summed E-state index contributed by atoms with van der Waals surface area (Å²) in [5.41, 5.74) is 0. The molecule has 0 radical (unpaired) electrons. The molecule has 19 heavy (non-hydrogen) atoms. The van der Waals surface area contributed by atoms with Crippen molar-refractivity contribution in [2.24, 2.45) is 0 Å². The molecule has 2 aromatic rings. The molecule has 0 saturated carbocycles. The van der Waals surface area contributed by atoms with Crippen LogP contribution in [0.3, 0.4) is 0 Å². The summed E-state index contributed by atoms with van der Waals surface area (Å²) < 4.78 is 7.50. The fourth-order valence-electron chi connectivity index (χ4n) is 1.23. The maximum atomic E-state index is 6.01. The molecule has 2 rings (SSSR count). The SMILES string of the molecule is CSc1nnc(SCCOc2c(Cl)cccc2Cl)s1. The largest absolute Gasteiger partial charge is 0.490 e. The summed E-state index contributed by atoms with van der Waals surface area (Å²) in [7, 11) is 0. The van der Waals surface area contributed by atoms with Gasteiger partial charge >= 0.3 is 0 Å². The topological polar surface area (TPSA) is 35.0 Å². The van der Waals surface area contributed by atoms with E-state index in [-0.39, 0.29) is 0 Å². The molecule has 102 valence electrons. The Kier molecular flexibility index (Phi) is 6.09. The summed E-state index contributed by atoms with van der Waals surface area (Å²) >= 11 is 16.8. The molecular formula is C11H10Cl2N2OS3. The molecule has 3 nitrogen and oxygen atoms in total. The summed E-state index contributed by atoms with van der Waals surface area (Å²) in [6.45, 7) is 0.516. The molecule has 1 heterocycles. The fourth-order valence-corrected chi connectivity index (χ4v) is 4.06. The van der Waals surface area contributed by atoms with Crippen molar-refractivity contribution in [3.8, 4) is 5.75 Å². The molecule has 0 bridgehead atoms. The van der Waals surface area contributed by atoms with Crippen LogP contribution in [0.4, 0.5) is 0 Å². The van der Waals surface area contributed by atoms with Gasteiger partial charge in [0, 0.05) is 5.75 Å². The summed E-state index contributed by atoms with van der Waals surface area (Å²) in [6.07, 6.45) is 1.98. The number of aromatic nitrogens is 2. The average molecular weight is 353 g/mol. The van der Waals surface area contributed by atoms with E-state index in [1.165, 1.54) is 0 Å². The van der Waals surface area contributed by atoms with Crippen molar-refractivity contribution in [2.75, 3.05) is 18.6 Å². The fraction of sp³-hybridized carbons (Fsp3) is 0.273. The number of hydrogen-bond donors (Lipinski definition) is 0. The Labute approximate surface area is 134 Å². The van der Waals surface area contributed by atoms with Crippen LogP contribution in [0.2, 0.25) is 10.0 Å². The van der Waals surface area contributed by atoms with E-state index < -0.39 is 0 Å². The van der Waals surface area contributed by atoms with Gasteiger partial charge in [0.15, 0.2) is 14.4 Å². The Morgan fingerprint density at radius 3 is 2.53 bits per heavy atom. The number of para-hydroxylation sites is 1. The molecule has 0 fully saturated rings. The van der Waals surface area contributed by atoms with Crippen LogP contribution in [0.1, 0.15) is 0 Å². The number of ether oxygens (including phenoxy) is 1. The van der Waals surface area contributed by atoms with Gasteiger partial charge in [0.2, 0.25) is 0 Å². The molecule has 8 heteroatoms. The van der Waals surface area contributed by atoms with E-state index >= 15 is 0 Å². The first kappa shape index (κ1) is 15.3. The lowest BCUT2D eigenvalue weighted by Gasteiger charge is -2.08. The molecule has 0 unspecified atom stereocenters. The van der Waals surface area contributed by atoms with E-state index in [1.807, 2.05) is 6.26 Å². The predicted molar refractivity (Wildman–Crippen MR) is 84.4 cm³/mol. The third-order valence-electron chi connectivity index (χ3n) is 2.04. The minimum Gasteiger partial charge on any atom is -0.490 e. The number of benzene rings is 1. The van der Waals surface area contributed by atoms with Crippen molar-refractivity contribution in [1.29, 1.82) is 0 Å². The molecular weight excluding hydrogens is 343 g/mol. The Morgan fingerprint density at radius 1 is 1.21 bits per heavy atom. The van der Waals surface area contributed by atoms with Gasteiger partial charge in [0.25, 0.3) is 0 Å². The molecule has 0 aliphatic rings. The van der Waals surface area contributed by atoms with Crippen molar-refractivity contribution < 1.29 is 4.74 Å². The van der Waals surface area contributed by atoms with E-state index in [2.05, 4.69) is 10.2 Å². The molecule has 1 aromatic heterocycles. The number of nitrogens with zero attached hydrogens (tertiary/aromatic N) is 2. The van der Waals surface area contributed by atoms with Crippen molar-refractivity contribution in [3.05, 3.63) is 28.2 Å². The van der Waals surface area contributed by atoms with Crippen LogP contribution in [-0.4, -0.2) is 28.8 Å². The molecule has 0 aliphatic carbocycles. The standard InChI is InChI=1S/C11H10Cl2N2OS3/c1-17-10-14-15-11(19-10)18-6-5-16-9-7(12)3-2-4-8(9)13/h2-4H,5-6H2,1H3. The second kappa shape index (κ2) is 7.59. The highest BCUT2D eigenvalue weighted by molar-refractivity contribution is 8.02. The second-order valence-electron chi connectivity index (χ2n) is 3.29. The van der Waals surface area contributed by atoms with Crippen molar-refractivity contribution in [1.82, 2.24) is 10.2 Å². The van der Waals surface area contributed by atoms with E-state index in [0.717, 1.165) is 14.4 Å². The lowest BCUT2D eigenvalue weighted by atomic mass is 10.3. The third kappa shape index (κ3) is 4.43. The molecule has 0 N–H and O–H groups in total. The first-order chi connectivity index (χ1) is 9.20. The van der Waals surface area contributed by atoms with Crippen LogP contribution in [0.15, 0.2) is 26.9 Å². The van der Waals surface area contributed by atoms with Crippen LogP contribution in [-0.2, 0) is 0 Å². The summed E-state index contributed by atoms with van der Waals surface area (Å²) in [4.78, 5) is 0. The van der Waals surface area contributed by atoms with Gasteiger partial charge in [-0.2, -0.15) is 0 Å². The highest BCUT2D eigenvalue weighted by Gasteiger charge is 2.07. The first-order valence-corrected chi connectivity index (χ1v) is 9.06. The maximum absolute atomic E-state index is 6.01. The van der Waals surface area contributed by atoms with Gasteiger partial charge < -0.3 is 4.74 Å². The van der Waals surface area contributed by atoms with Gasteiger partial charge in [-0.15, -0.1) is 10.2 Å². The lowest BCUT2D eigenvalue weighted by molar-refractivity contribution is 0.344. The molecule has 0 atom stereocenters.